The van der Waals surface area contributed by atoms with E-state index in [2.05, 4.69) is 20.7 Å². The number of rotatable bonds is 6. The zero-order chi connectivity index (χ0) is 19.5. The second kappa shape index (κ2) is 7.63. The van der Waals surface area contributed by atoms with Gasteiger partial charge in [0, 0.05) is 19.3 Å². The molecule has 1 aromatic carbocycles. The molecule has 4 rings (SSSR count). The molecule has 9 heteroatoms. The van der Waals surface area contributed by atoms with Gasteiger partial charge < -0.3 is 10.2 Å². The monoisotopic (exact) mass is 379 g/mol. The van der Waals surface area contributed by atoms with E-state index >= 15 is 0 Å². The summed E-state index contributed by atoms with van der Waals surface area (Å²) in [5, 5.41) is 15.2. The van der Waals surface area contributed by atoms with Gasteiger partial charge in [-0.25, -0.2) is 4.68 Å². The lowest BCUT2D eigenvalue weighted by molar-refractivity contribution is -0.135. The van der Waals surface area contributed by atoms with Gasteiger partial charge in [-0.1, -0.05) is 35.5 Å². The van der Waals surface area contributed by atoms with E-state index in [1.165, 1.54) is 0 Å². The van der Waals surface area contributed by atoms with E-state index in [-0.39, 0.29) is 24.9 Å². The molecule has 1 aliphatic rings. The van der Waals surface area contributed by atoms with E-state index in [1.807, 2.05) is 37.3 Å². The maximum Gasteiger partial charge on any atom is 0.272 e. The summed E-state index contributed by atoms with van der Waals surface area (Å²) >= 11 is 0. The van der Waals surface area contributed by atoms with Crippen LogP contribution in [0.1, 0.15) is 34.4 Å². The smallest absolute Gasteiger partial charge is 0.272 e. The molecule has 0 bridgehead atoms. The molecule has 0 saturated carbocycles. The molecule has 0 saturated heterocycles. The molecule has 0 fully saturated rings. The van der Waals surface area contributed by atoms with Gasteiger partial charge in [0.15, 0.2) is 0 Å². The van der Waals surface area contributed by atoms with Crippen LogP contribution in [0.3, 0.4) is 0 Å². The molecule has 1 N–H and O–H groups in total. The molecule has 0 aliphatic carbocycles. The third-order valence-electron chi connectivity index (χ3n) is 4.73. The first-order valence-corrected chi connectivity index (χ1v) is 9.18. The Balaban J connectivity index is 1.44. The Kier molecular flexibility index (Phi) is 4.88. The van der Waals surface area contributed by atoms with Crippen molar-refractivity contribution in [2.75, 3.05) is 0 Å². The fourth-order valence-corrected chi connectivity index (χ4v) is 3.16. The first-order chi connectivity index (χ1) is 13.6. The lowest BCUT2D eigenvalue weighted by Crippen LogP contribution is -2.39. The van der Waals surface area contributed by atoms with Gasteiger partial charge in [0.2, 0.25) is 5.91 Å². The quantitative estimate of drug-likeness (QED) is 0.688. The fourth-order valence-electron chi connectivity index (χ4n) is 3.16. The van der Waals surface area contributed by atoms with Crippen molar-refractivity contribution in [2.45, 2.75) is 39.6 Å². The molecule has 1 aliphatic heterocycles. The van der Waals surface area contributed by atoms with Crippen molar-refractivity contribution in [2.24, 2.45) is 0 Å². The number of benzene rings is 1. The molecular weight excluding hydrogens is 358 g/mol. The van der Waals surface area contributed by atoms with Crippen LogP contribution in [0.25, 0.3) is 0 Å². The van der Waals surface area contributed by atoms with Crippen LogP contribution in [0.5, 0.6) is 0 Å². The van der Waals surface area contributed by atoms with Gasteiger partial charge in [0.25, 0.3) is 5.91 Å². The zero-order valence-corrected chi connectivity index (χ0v) is 15.6. The van der Waals surface area contributed by atoms with Crippen molar-refractivity contribution in [3.63, 3.8) is 0 Å². The molecule has 2 amide bonds. The lowest BCUT2D eigenvalue weighted by atomic mass is 10.1. The summed E-state index contributed by atoms with van der Waals surface area (Å²) in [7, 11) is 0. The van der Waals surface area contributed by atoms with Crippen LogP contribution < -0.4 is 5.32 Å². The Hall–Kier alpha value is -3.49. The molecule has 28 heavy (non-hydrogen) atoms. The number of carbonyl (C=O) groups is 2. The largest absolute Gasteiger partial charge is 0.345 e. The number of nitrogens with one attached hydrogen (secondary N) is 1. The topological polar surface area (TPSA) is 97.9 Å². The van der Waals surface area contributed by atoms with E-state index in [9.17, 15) is 9.59 Å². The highest BCUT2D eigenvalue weighted by Crippen LogP contribution is 2.18. The van der Waals surface area contributed by atoms with E-state index in [0.717, 1.165) is 11.3 Å². The van der Waals surface area contributed by atoms with E-state index < -0.39 is 0 Å². The summed E-state index contributed by atoms with van der Waals surface area (Å²) in [6, 6.07) is 11.5. The Morgan fingerprint density at radius 2 is 2.00 bits per heavy atom. The number of amides is 2. The van der Waals surface area contributed by atoms with Crippen molar-refractivity contribution in [3.8, 4) is 0 Å². The first kappa shape index (κ1) is 17.9. The van der Waals surface area contributed by atoms with Crippen molar-refractivity contribution in [1.82, 2.24) is 35.0 Å². The van der Waals surface area contributed by atoms with Gasteiger partial charge in [-0.2, -0.15) is 5.10 Å². The second-order valence-electron chi connectivity index (χ2n) is 6.62. The average Bonchev–Trinajstić information content (AvgIpc) is 3.34. The summed E-state index contributed by atoms with van der Waals surface area (Å²) in [6.07, 6.45) is 1.77. The van der Waals surface area contributed by atoms with E-state index in [0.29, 0.717) is 31.0 Å². The minimum atomic E-state index is -0.262. The van der Waals surface area contributed by atoms with Gasteiger partial charge in [-0.05, 0) is 18.6 Å². The van der Waals surface area contributed by atoms with Crippen LogP contribution >= 0.6 is 0 Å². The van der Waals surface area contributed by atoms with Crippen LogP contribution in [0.2, 0.25) is 0 Å². The summed E-state index contributed by atoms with van der Waals surface area (Å²) in [6.45, 7) is 4.00. The summed E-state index contributed by atoms with van der Waals surface area (Å²) < 4.78 is 3.30. The number of carbonyl (C=O) groups excluding carboxylic acids is 2. The summed E-state index contributed by atoms with van der Waals surface area (Å²) in [4.78, 5) is 26.5. The van der Waals surface area contributed by atoms with Gasteiger partial charge in [-0.15, -0.1) is 5.10 Å². The molecule has 3 aromatic rings. The predicted molar refractivity (Wildman–Crippen MR) is 99.8 cm³/mol. The minimum absolute atomic E-state index is 0.00180. The van der Waals surface area contributed by atoms with Crippen LogP contribution in [0.15, 0.2) is 42.6 Å². The SMILES string of the molecule is CCn1ccc(C(=O)NCc2nnn3c2CN(Cc2ccccc2)C(=O)C3)n1. The number of hydrogen-bond acceptors (Lipinski definition) is 5. The van der Waals surface area contributed by atoms with Gasteiger partial charge in [0.05, 0.1) is 18.8 Å². The number of hydrogen-bond donors (Lipinski definition) is 1. The van der Waals surface area contributed by atoms with Crippen LogP contribution in [-0.2, 0) is 37.5 Å². The van der Waals surface area contributed by atoms with Crippen LogP contribution in [-0.4, -0.2) is 41.5 Å². The Morgan fingerprint density at radius 1 is 1.18 bits per heavy atom. The van der Waals surface area contributed by atoms with Crippen molar-refractivity contribution in [1.29, 1.82) is 0 Å². The standard InChI is InChI=1S/C19H21N7O2/c1-2-25-9-8-15(22-25)19(28)20-10-16-17-12-24(11-14-6-4-3-5-7-14)18(27)13-26(17)23-21-16/h3-9H,2,10-13H2,1H3,(H,20,28). The van der Waals surface area contributed by atoms with Crippen molar-refractivity contribution < 1.29 is 9.59 Å². The molecule has 0 unspecified atom stereocenters. The zero-order valence-electron chi connectivity index (χ0n) is 15.6. The van der Waals surface area contributed by atoms with Crippen molar-refractivity contribution in [3.05, 3.63) is 65.2 Å². The third-order valence-corrected chi connectivity index (χ3v) is 4.73. The number of aromatic nitrogens is 5. The highest BCUT2D eigenvalue weighted by molar-refractivity contribution is 5.92. The number of aryl methyl sites for hydroxylation is 1. The molecule has 144 valence electrons. The first-order valence-electron chi connectivity index (χ1n) is 9.18. The number of fused-ring (bicyclic) bond motifs is 1. The van der Waals surface area contributed by atoms with Crippen LogP contribution in [0.4, 0.5) is 0 Å². The molecule has 0 spiro atoms. The maximum atomic E-state index is 12.4. The maximum absolute atomic E-state index is 12.4. The molecule has 0 radical (unpaired) electrons. The Bertz CT molecular complexity index is 993. The second-order valence-corrected chi connectivity index (χ2v) is 6.62. The highest BCUT2D eigenvalue weighted by atomic mass is 16.2. The van der Waals surface area contributed by atoms with Gasteiger partial charge in [0.1, 0.15) is 17.9 Å². The average molecular weight is 379 g/mol. The number of nitrogens with zero attached hydrogens (tertiary/aromatic N) is 6. The van der Waals surface area contributed by atoms with Crippen LogP contribution in [0, 0.1) is 0 Å². The Morgan fingerprint density at radius 3 is 2.75 bits per heavy atom. The lowest BCUT2D eigenvalue weighted by Gasteiger charge is -2.27. The minimum Gasteiger partial charge on any atom is -0.345 e. The van der Waals surface area contributed by atoms with E-state index in [1.54, 1.807) is 26.5 Å². The van der Waals surface area contributed by atoms with E-state index in [4.69, 9.17) is 0 Å². The molecular formula is C19H21N7O2. The molecule has 0 atom stereocenters. The summed E-state index contributed by atoms with van der Waals surface area (Å²) in [5.41, 5.74) is 2.94. The third kappa shape index (κ3) is 3.64. The highest BCUT2D eigenvalue weighted by Gasteiger charge is 2.27. The van der Waals surface area contributed by atoms with Crippen molar-refractivity contribution >= 4 is 11.8 Å². The predicted octanol–water partition coefficient (Wildman–Crippen LogP) is 0.967. The molecule has 9 nitrogen and oxygen atoms in total. The van der Waals surface area contributed by atoms with Gasteiger partial charge in [-0.3, -0.25) is 14.3 Å². The summed E-state index contributed by atoms with van der Waals surface area (Å²) in [5.74, 6) is -0.260. The fraction of sp³-hybridized carbons (Fsp3) is 0.316. The molecule has 2 aromatic heterocycles. The Labute approximate surface area is 161 Å². The molecule has 3 heterocycles. The van der Waals surface area contributed by atoms with Gasteiger partial charge >= 0.3 is 0 Å². The normalized spacial score (nSPS) is 13.5.